The van der Waals surface area contributed by atoms with Gasteiger partial charge in [0, 0.05) is 19.6 Å². The van der Waals surface area contributed by atoms with Crippen molar-refractivity contribution in [1.29, 1.82) is 0 Å². The number of aliphatic carboxylic acids is 1. The van der Waals surface area contributed by atoms with Crippen molar-refractivity contribution in [2.24, 2.45) is 0 Å². The number of ether oxygens (including phenoxy) is 1. The molecule has 1 saturated heterocycles. The Morgan fingerprint density at radius 1 is 1.37 bits per heavy atom. The molecule has 0 radical (unpaired) electrons. The van der Waals surface area contributed by atoms with Crippen LogP contribution in [0.25, 0.3) is 0 Å². The Hall–Kier alpha value is -1.39. The summed E-state index contributed by atoms with van der Waals surface area (Å²) in [4.78, 5) is 12.8. The molecule has 0 bridgehead atoms. The molecule has 0 aliphatic carbocycles. The van der Waals surface area contributed by atoms with E-state index >= 15 is 0 Å². The molecule has 4 nitrogen and oxygen atoms in total. The predicted octanol–water partition coefficient (Wildman–Crippen LogP) is 1.98. The molecule has 1 heterocycles. The minimum absolute atomic E-state index is 0.215. The second-order valence-corrected chi connectivity index (χ2v) is 5.65. The molecule has 0 aromatic heterocycles. The zero-order valence-electron chi connectivity index (χ0n) is 11.8. The molecule has 0 amide bonds. The first-order valence-electron chi connectivity index (χ1n) is 6.53. The van der Waals surface area contributed by atoms with Gasteiger partial charge in [-0.3, -0.25) is 4.90 Å². The van der Waals surface area contributed by atoms with E-state index in [1.54, 1.807) is 0 Å². The van der Waals surface area contributed by atoms with Gasteiger partial charge in [0.2, 0.25) is 0 Å². The number of nitrogens with zero attached hydrogens (tertiary/aromatic N) is 1. The third kappa shape index (κ3) is 3.33. The third-order valence-corrected chi connectivity index (χ3v) is 3.69. The number of carboxylic acids is 1. The van der Waals surface area contributed by atoms with Crippen LogP contribution in [0.2, 0.25) is 0 Å². The van der Waals surface area contributed by atoms with Crippen molar-refractivity contribution in [3.63, 3.8) is 0 Å². The van der Waals surface area contributed by atoms with Crippen LogP contribution in [-0.4, -0.2) is 41.3 Å². The van der Waals surface area contributed by atoms with Crippen molar-refractivity contribution >= 4 is 5.97 Å². The standard InChI is InChI=1S/C15H21NO3/c1-11-5-4-6-12(2)13(11)7-16-9-15(3,10-16)19-8-14(17)18/h4-6H,7-10H2,1-3H3,(H,17,18). The van der Waals surface area contributed by atoms with Crippen LogP contribution in [0, 0.1) is 13.8 Å². The number of likely N-dealkylation sites (tertiary alicyclic amines) is 1. The van der Waals surface area contributed by atoms with Crippen LogP contribution >= 0.6 is 0 Å². The largest absolute Gasteiger partial charge is 0.480 e. The lowest BCUT2D eigenvalue weighted by Crippen LogP contribution is -2.61. The van der Waals surface area contributed by atoms with Gasteiger partial charge in [-0.2, -0.15) is 0 Å². The summed E-state index contributed by atoms with van der Waals surface area (Å²) in [6, 6.07) is 6.33. The molecule has 0 saturated carbocycles. The Labute approximate surface area is 114 Å². The molecule has 0 atom stereocenters. The maximum Gasteiger partial charge on any atom is 0.329 e. The number of aryl methyl sites for hydroxylation is 2. The van der Waals surface area contributed by atoms with E-state index in [2.05, 4.69) is 36.9 Å². The molecular formula is C15H21NO3. The predicted molar refractivity (Wildman–Crippen MR) is 73.2 cm³/mol. The van der Waals surface area contributed by atoms with Crippen LogP contribution in [0.4, 0.5) is 0 Å². The van der Waals surface area contributed by atoms with Gasteiger partial charge in [0.25, 0.3) is 0 Å². The maximum atomic E-state index is 10.5. The molecule has 1 aromatic rings. The molecule has 104 valence electrons. The number of hydrogen-bond donors (Lipinski definition) is 1. The van der Waals surface area contributed by atoms with Crippen molar-refractivity contribution in [3.8, 4) is 0 Å². The molecule has 0 unspecified atom stereocenters. The van der Waals surface area contributed by atoms with Crippen LogP contribution in [0.1, 0.15) is 23.6 Å². The normalized spacial score (nSPS) is 18.1. The second-order valence-electron chi connectivity index (χ2n) is 5.65. The summed E-state index contributed by atoms with van der Waals surface area (Å²) >= 11 is 0. The highest BCUT2D eigenvalue weighted by atomic mass is 16.5. The van der Waals surface area contributed by atoms with Crippen LogP contribution in [0.5, 0.6) is 0 Å². The van der Waals surface area contributed by atoms with Crippen LogP contribution < -0.4 is 0 Å². The average molecular weight is 263 g/mol. The molecular weight excluding hydrogens is 242 g/mol. The van der Waals surface area contributed by atoms with Crippen molar-refractivity contribution in [2.75, 3.05) is 19.7 Å². The topological polar surface area (TPSA) is 49.8 Å². The summed E-state index contributed by atoms with van der Waals surface area (Å²) in [7, 11) is 0. The van der Waals surface area contributed by atoms with Crippen LogP contribution in [0.15, 0.2) is 18.2 Å². The van der Waals surface area contributed by atoms with E-state index in [1.807, 2.05) is 6.92 Å². The Morgan fingerprint density at radius 2 is 1.95 bits per heavy atom. The van der Waals surface area contributed by atoms with E-state index < -0.39 is 5.97 Å². The Kier molecular flexibility index (Phi) is 3.92. The highest BCUT2D eigenvalue weighted by molar-refractivity contribution is 5.68. The maximum absolute atomic E-state index is 10.5. The van der Waals surface area contributed by atoms with Gasteiger partial charge in [-0.15, -0.1) is 0 Å². The summed E-state index contributed by atoms with van der Waals surface area (Å²) in [6.07, 6.45) is 0. The molecule has 1 N–H and O–H groups in total. The van der Waals surface area contributed by atoms with E-state index in [0.29, 0.717) is 0 Å². The first-order chi connectivity index (χ1) is 8.89. The fourth-order valence-corrected chi connectivity index (χ4v) is 2.66. The number of carbonyl (C=O) groups is 1. The molecule has 1 aliphatic rings. The van der Waals surface area contributed by atoms with Crippen molar-refractivity contribution < 1.29 is 14.6 Å². The van der Waals surface area contributed by atoms with E-state index in [0.717, 1.165) is 19.6 Å². The summed E-state index contributed by atoms with van der Waals surface area (Å²) in [5.74, 6) is -0.908. The smallest absolute Gasteiger partial charge is 0.329 e. The van der Waals surface area contributed by atoms with Gasteiger partial charge >= 0.3 is 5.97 Å². The van der Waals surface area contributed by atoms with Crippen molar-refractivity contribution in [1.82, 2.24) is 4.90 Å². The zero-order chi connectivity index (χ0) is 14.0. The molecule has 2 rings (SSSR count). The van der Waals surface area contributed by atoms with Crippen molar-refractivity contribution in [3.05, 3.63) is 34.9 Å². The quantitative estimate of drug-likeness (QED) is 0.882. The highest BCUT2D eigenvalue weighted by Gasteiger charge is 2.40. The Morgan fingerprint density at radius 3 is 2.47 bits per heavy atom. The van der Waals surface area contributed by atoms with E-state index in [9.17, 15) is 4.79 Å². The fraction of sp³-hybridized carbons (Fsp3) is 0.533. The Bertz CT molecular complexity index is 458. The fourth-order valence-electron chi connectivity index (χ4n) is 2.66. The highest BCUT2D eigenvalue weighted by Crippen LogP contribution is 2.27. The van der Waals surface area contributed by atoms with Gasteiger partial charge in [-0.25, -0.2) is 4.79 Å². The Balaban J connectivity index is 1.89. The van der Waals surface area contributed by atoms with Crippen LogP contribution in [-0.2, 0) is 16.1 Å². The van der Waals surface area contributed by atoms with E-state index in [4.69, 9.17) is 9.84 Å². The lowest BCUT2D eigenvalue weighted by atomic mass is 9.94. The molecule has 1 fully saturated rings. The van der Waals surface area contributed by atoms with Gasteiger partial charge in [0.1, 0.15) is 6.61 Å². The summed E-state index contributed by atoms with van der Waals surface area (Å²) in [5, 5.41) is 8.63. The van der Waals surface area contributed by atoms with E-state index in [1.165, 1.54) is 16.7 Å². The van der Waals surface area contributed by atoms with E-state index in [-0.39, 0.29) is 12.2 Å². The van der Waals surface area contributed by atoms with Gasteiger partial charge < -0.3 is 9.84 Å². The van der Waals surface area contributed by atoms with Gasteiger partial charge in [-0.1, -0.05) is 18.2 Å². The summed E-state index contributed by atoms with van der Waals surface area (Å²) in [5.41, 5.74) is 3.66. The van der Waals surface area contributed by atoms with Crippen molar-refractivity contribution in [2.45, 2.75) is 32.9 Å². The minimum atomic E-state index is -0.908. The third-order valence-electron chi connectivity index (χ3n) is 3.69. The summed E-state index contributed by atoms with van der Waals surface area (Å²) < 4.78 is 5.41. The average Bonchev–Trinajstić information content (AvgIpc) is 2.29. The van der Waals surface area contributed by atoms with Gasteiger partial charge in [-0.05, 0) is 37.5 Å². The first-order valence-corrected chi connectivity index (χ1v) is 6.53. The molecule has 1 aromatic carbocycles. The molecule has 19 heavy (non-hydrogen) atoms. The van der Waals surface area contributed by atoms with Gasteiger partial charge in [0.05, 0.1) is 5.60 Å². The lowest BCUT2D eigenvalue weighted by Gasteiger charge is -2.47. The minimum Gasteiger partial charge on any atom is -0.480 e. The molecule has 4 heteroatoms. The number of carboxylic acid groups (broad SMARTS) is 1. The lowest BCUT2D eigenvalue weighted by molar-refractivity contribution is -0.165. The number of benzene rings is 1. The number of hydrogen-bond acceptors (Lipinski definition) is 3. The monoisotopic (exact) mass is 263 g/mol. The van der Waals surface area contributed by atoms with Crippen LogP contribution in [0.3, 0.4) is 0 Å². The first kappa shape index (κ1) is 14.0. The SMILES string of the molecule is Cc1cccc(C)c1CN1CC(C)(OCC(=O)O)C1. The molecule has 1 aliphatic heterocycles. The molecule has 0 spiro atoms. The van der Waals surface area contributed by atoms with Gasteiger partial charge in [0.15, 0.2) is 0 Å². The number of rotatable bonds is 5. The summed E-state index contributed by atoms with van der Waals surface area (Å²) in [6.45, 7) is 8.49. The zero-order valence-corrected chi connectivity index (χ0v) is 11.8. The second kappa shape index (κ2) is 5.31.